The molecule has 140 valence electrons. The molecular weight excluding hydrogens is 357 g/mol. The average molecular weight is 375 g/mol. The van der Waals surface area contributed by atoms with E-state index >= 15 is 0 Å². The lowest BCUT2D eigenvalue weighted by molar-refractivity contribution is -0.130. The van der Waals surface area contributed by atoms with Crippen LogP contribution in [0.2, 0.25) is 0 Å². The molecule has 2 amide bonds. The Morgan fingerprint density at radius 2 is 1.82 bits per heavy atom. The van der Waals surface area contributed by atoms with Crippen LogP contribution in [0.5, 0.6) is 0 Å². The second-order valence-electron chi connectivity index (χ2n) is 6.84. The summed E-state index contributed by atoms with van der Waals surface area (Å²) in [4.78, 5) is 32.1. The number of benzene rings is 2. The number of amides is 2. The fourth-order valence-corrected chi connectivity index (χ4v) is 3.28. The molecule has 2 heterocycles. The molecule has 0 saturated heterocycles. The fraction of sp³-hybridized carbons (Fsp3) is 0.136. The predicted molar refractivity (Wildman–Crippen MR) is 104 cm³/mol. The molecule has 2 aliphatic rings. The molecule has 0 aromatic heterocycles. The standard InChI is InChI=1S/C22H18FN3O2/c1-15-7-12-19-24-22(21(28)26(19)14-15,13-16-8-10-18(23)11-9-16)25-20(27)17-5-3-2-4-6-17/h2-12,14H,13H2,1H3,(H,25,27)/t22-/m0/s1. The number of rotatable bonds is 4. The van der Waals surface area contributed by atoms with E-state index in [1.165, 1.54) is 17.0 Å². The van der Waals surface area contributed by atoms with E-state index in [0.29, 0.717) is 17.0 Å². The van der Waals surface area contributed by atoms with Crippen LogP contribution in [0.1, 0.15) is 22.8 Å². The molecule has 0 bridgehead atoms. The number of halogens is 1. The lowest BCUT2D eigenvalue weighted by atomic mass is 9.98. The number of fused-ring (bicyclic) bond motifs is 1. The molecule has 2 aliphatic heterocycles. The van der Waals surface area contributed by atoms with Crippen molar-refractivity contribution in [2.24, 2.45) is 4.99 Å². The Morgan fingerprint density at radius 3 is 2.54 bits per heavy atom. The summed E-state index contributed by atoms with van der Waals surface area (Å²) in [6.07, 6.45) is 5.41. The molecule has 0 fully saturated rings. The summed E-state index contributed by atoms with van der Waals surface area (Å²) < 4.78 is 13.3. The topological polar surface area (TPSA) is 61.8 Å². The highest BCUT2D eigenvalue weighted by Gasteiger charge is 2.49. The van der Waals surface area contributed by atoms with Gasteiger partial charge in [-0.3, -0.25) is 14.5 Å². The number of carbonyl (C=O) groups excluding carboxylic acids is 2. The molecule has 2 aromatic rings. The van der Waals surface area contributed by atoms with E-state index in [2.05, 4.69) is 10.3 Å². The highest BCUT2D eigenvalue weighted by Crippen LogP contribution is 2.29. The number of hydrogen-bond acceptors (Lipinski definition) is 3. The quantitative estimate of drug-likeness (QED) is 0.892. The zero-order valence-electron chi connectivity index (χ0n) is 15.2. The Balaban J connectivity index is 1.72. The van der Waals surface area contributed by atoms with Crippen molar-refractivity contribution < 1.29 is 14.0 Å². The van der Waals surface area contributed by atoms with Gasteiger partial charge >= 0.3 is 0 Å². The van der Waals surface area contributed by atoms with Crippen LogP contribution in [0.15, 0.2) is 83.5 Å². The van der Waals surface area contributed by atoms with Gasteiger partial charge in [0.05, 0.1) is 0 Å². The van der Waals surface area contributed by atoms with Crippen LogP contribution in [-0.4, -0.2) is 28.2 Å². The van der Waals surface area contributed by atoms with Crippen LogP contribution >= 0.6 is 0 Å². The number of nitrogens with zero attached hydrogens (tertiary/aromatic N) is 2. The van der Waals surface area contributed by atoms with E-state index in [0.717, 1.165) is 5.57 Å². The minimum atomic E-state index is -1.49. The summed E-state index contributed by atoms with van der Waals surface area (Å²) in [6.45, 7) is 1.88. The maximum atomic E-state index is 13.3. The Bertz CT molecular complexity index is 1030. The van der Waals surface area contributed by atoms with Crippen molar-refractivity contribution in [1.29, 1.82) is 0 Å². The fourth-order valence-electron chi connectivity index (χ4n) is 3.28. The van der Waals surface area contributed by atoms with Gasteiger partial charge in [0, 0.05) is 18.2 Å². The van der Waals surface area contributed by atoms with Crippen molar-refractivity contribution in [2.45, 2.75) is 19.0 Å². The molecule has 0 radical (unpaired) electrons. The second-order valence-corrected chi connectivity index (χ2v) is 6.84. The first-order chi connectivity index (χ1) is 13.5. The third-order valence-corrected chi connectivity index (χ3v) is 4.68. The zero-order chi connectivity index (χ0) is 19.7. The van der Waals surface area contributed by atoms with Gasteiger partial charge in [0.15, 0.2) is 0 Å². The minimum absolute atomic E-state index is 0.116. The van der Waals surface area contributed by atoms with Crippen molar-refractivity contribution in [1.82, 2.24) is 10.2 Å². The largest absolute Gasteiger partial charge is 0.320 e. The van der Waals surface area contributed by atoms with Crippen LogP contribution in [-0.2, 0) is 11.2 Å². The highest BCUT2D eigenvalue weighted by atomic mass is 19.1. The van der Waals surface area contributed by atoms with Gasteiger partial charge < -0.3 is 5.32 Å². The van der Waals surface area contributed by atoms with E-state index in [1.807, 2.05) is 19.1 Å². The van der Waals surface area contributed by atoms with Gasteiger partial charge in [0.2, 0.25) is 5.66 Å². The Hall–Kier alpha value is -3.54. The Kier molecular flexibility index (Phi) is 4.39. The molecule has 0 aliphatic carbocycles. The molecule has 1 atom stereocenters. The van der Waals surface area contributed by atoms with E-state index in [9.17, 15) is 14.0 Å². The number of nitrogens with one attached hydrogen (secondary N) is 1. The van der Waals surface area contributed by atoms with Crippen molar-refractivity contribution in [2.75, 3.05) is 0 Å². The zero-order valence-corrected chi connectivity index (χ0v) is 15.2. The molecule has 5 nitrogen and oxygen atoms in total. The maximum Gasteiger partial charge on any atom is 0.281 e. The van der Waals surface area contributed by atoms with E-state index in [-0.39, 0.29) is 18.1 Å². The van der Waals surface area contributed by atoms with Crippen molar-refractivity contribution >= 4 is 17.6 Å². The molecule has 0 spiro atoms. The molecular formula is C22H18FN3O2. The van der Waals surface area contributed by atoms with Crippen molar-refractivity contribution in [3.63, 3.8) is 0 Å². The molecule has 4 rings (SSSR count). The lowest BCUT2D eigenvalue weighted by Gasteiger charge is -2.27. The molecule has 6 heteroatoms. The molecule has 28 heavy (non-hydrogen) atoms. The van der Waals surface area contributed by atoms with Gasteiger partial charge in [-0.2, -0.15) is 0 Å². The van der Waals surface area contributed by atoms with Crippen LogP contribution in [0.25, 0.3) is 0 Å². The van der Waals surface area contributed by atoms with E-state index < -0.39 is 11.6 Å². The van der Waals surface area contributed by atoms with Crippen molar-refractivity contribution in [3.8, 4) is 0 Å². The number of hydrogen-bond donors (Lipinski definition) is 1. The van der Waals surface area contributed by atoms with Crippen LogP contribution in [0.4, 0.5) is 4.39 Å². The minimum Gasteiger partial charge on any atom is -0.320 e. The van der Waals surface area contributed by atoms with Gasteiger partial charge in [-0.1, -0.05) is 36.4 Å². The van der Waals surface area contributed by atoms with E-state index in [1.54, 1.807) is 48.7 Å². The summed E-state index contributed by atoms with van der Waals surface area (Å²) in [6, 6.07) is 14.5. The van der Waals surface area contributed by atoms with E-state index in [4.69, 9.17) is 0 Å². The third-order valence-electron chi connectivity index (χ3n) is 4.68. The van der Waals surface area contributed by atoms with Gasteiger partial charge in [-0.25, -0.2) is 9.38 Å². The predicted octanol–water partition coefficient (Wildman–Crippen LogP) is 3.21. The molecule has 0 unspecified atom stereocenters. The maximum absolute atomic E-state index is 13.3. The van der Waals surface area contributed by atoms with Gasteiger partial charge in [0.25, 0.3) is 11.8 Å². The average Bonchev–Trinajstić information content (AvgIpc) is 2.96. The normalized spacial score (nSPS) is 20.5. The second kappa shape index (κ2) is 6.88. The SMILES string of the molecule is CC1=CN2C(=O)[C@](Cc3ccc(F)cc3)(NC(=O)c3ccccc3)N=C2C=C1. The third kappa shape index (κ3) is 3.24. The Labute approximate surface area is 161 Å². The molecule has 0 saturated carbocycles. The van der Waals surface area contributed by atoms with Crippen LogP contribution in [0.3, 0.4) is 0 Å². The Morgan fingerprint density at radius 1 is 1.11 bits per heavy atom. The summed E-state index contributed by atoms with van der Waals surface area (Å²) >= 11 is 0. The number of allylic oxidation sites excluding steroid dienone is 2. The number of carbonyl (C=O) groups is 2. The van der Waals surface area contributed by atoms with Crippen LogP contribution in [0, 0.1) is 5.82 Å². The number of amidine groups is 1. The van der Waals surface area contributed by atoms with Gasteiger partial charge in [-0.05, 0) is 48.4 Å². The summed E-state index contributed by atoms with van der Waals surface area (Å²) in [5.74, 6) is -0.648. The van der Waals surface area contributed by atoms with Gasteiger partial charge in [0.1, 0.15) is 11.7 Å². The summed E-state index contributed by atoms with van der Waals surface area (Å²) in [7, 11) is 0. The van der Waals surface area contributed by atoms with Crippen molar-refractivity contribution in [3.05, 3.63) is 95.5 Å². The smallest absolute Gasteiger partial charge is 0.281 e. The first-order valence-corrected chi connectivity index (χ1v) is 8.89. The first-order valence-electron chi connectivity index (χ1n) is 8.89. The molecule has 2 aromatic carbocycles. The lowest BCUT2D eigenvalue weighted by Crippen LogP contribution is -2.55. The van der Waals surface area contributed by atoms with Crippen LogP contribution < -0.4 is 5.32 Å². The first kappa shape index (κ1) is 17.9. The molecule has 1 N–H and O–H groups in total. The summed E-state index contributed by atoms with van der Waals surface area (Å²) in [5, 5.41) is 2.82. The summed E-state index contributed by atoms with van der Waals surface area (Å²) in [5.41, 5.74) is 0.531. The number of aliphatic imine (C=N–C) groups is 1. The van der Waals surface area contributed by atoms with Gasteiger partial charge in [-0.15, -0.1) is 0 Å². The monoisotopic (exact) mass is 375 g/mol. The highest BCUT2D eigenvalue weighted by molar-refractivity contribution is 6.15.